The van der Waals surface area contributed by atoms with Crippen molar-refractivity contribution in [2.75, 3.05) is 19.6 Å². The van der Waals surface area contributed by atoms with Crippen LogP contribution in [0.25, 0.3) is 0 Å². The van der Waals surface area contributed by atoms with E-state index in [4.69, 9.17) is 0 Å². The zero-order chi connectivity index (χ0) is 11.9. The highest BCUT2D eigenvalue weighted by Gasteiger charge is 1.86. The molecule has 0 aromatic rings. The van der Waals surface area contributed by atoms with E-state index in [2.05, 4.69) is 31.1 Å². The molecular formula is C12H26N2O. The van der Waals surface area contributed by atoms with Gasteiger partial charge < -0.3 is 10.6 Å². The molecule has 0 heterocycles. The van der Waals surface area contributed by atoms with Crippen molar-refractivity contribution in [3.8, 4) is 0 Å². The first-order chi connectivity index (χ1) is 7.22. The van der Waals surface area contributed by atoms with E-state index >= 15 is 0 Å². The Morgan fingerprint density at radius 1 is 1.07 bits per heavy atom. The fourth-order valence-corrected chi connectivity index (χ4v) is 0.799. The summed E-state index contributed by atoms with van der Waals surface area (Å²) in [6.07, 6.45) is 4.75. The molecule has 0 aliphatic rings. The normalized spacial score (nSPS) is 8.73. The van der Waals surface area contributed by atoms with E-state index in [0.29, 0.717) is 0 Å². The van der Waals surface area contributed by atoms with Crippen LogP contribution in [0.3, 0.4) is 0 Å². The summed E-state index contributed by atoms with van der Waals surface area (Å²) < 4.78 is 0. The minimum absolute atomic E-state index is 0.0909. The Labute approximate surface area is 94.3 Å². The Hall–Kier alpha value is -0.830. The van der Waals surface area contributed by atoms with Crippen molar-refractivity contribution in [3.63, 3.8) is 0 Å². The maximum atomic E-state index is 10.3. The van der Waals surface area contributed by atoms with Crippen LogP contribution in [0, 0.1) is 0 Å². The van der Waals surface area contributed by atoms with Gasteiger partial charge in [0.05, 0.1) is 0 Å². The maximum Gasteiger partial charge on any atom is 0.243 e. The summed E-state index contributed by atoms with van der Waals surface area (Å²) in [6, 6.07) is 0. The minimum atomic E-state index is -0.0909. The lowest BCUT2D eigenvalue weighted by Gasteiger charge is -1.95. The summed E-state index contributed by atoms with van der Waals surface area (Å²) in [7, 11) is 0. The van der Waals surface area contributed by atoms with Gasteiger partial charge in [-0.25, -0.2) is 0 Å². The number of carbonyl (C=O) groups excluding carboxylic acids is 1. The molecule has 0 aliphatic carbocycles. The number of hydrogen-bond acceptors (Lipinski definition) is 2. The Balaban J connectivity index is 0. The molecule has 15 heavy (non-hydrogen) atoms. The first kappa shape index (κ1) is 16.6. The van der Waals surface area contributed by atoms with Gasteiger partial charge in [-0.1, -0.05) is 27.4 Å². The van der Waals surface area contributed by atoms with Crippen LogP contribution in [0.4, 0.5) is 0 Å². The zero-order valence-electron chi connectivity index (χ0n) is 10.4. The largest absolute Gasteiger partial charge is 0.353 e. The third-order valence-corrected chi connectivity index (χ3v) is 1.59. The van der Waals surface area contributed by atoms with Gasteiger partial charge in [-0.15, -0.1) is 0 Å². The van der Waals surface area contributed by atoms with Crippen LogP contribution >= 0.6 is 0 Å². The molecule has 0 saturated carbocycles. The summed E-state index contributed by atoms with van der Waals surface area (Å²) in [5.41, 5.74) is 0. The van der Waals surface area contributed by atoms with Crippen LogP contribution in [-0.4, -0.2) is 25.5 Å². The summed E-state index contributed by atoms with van der Waals surface area (Å²) in [6.45, 7) is 12.8. The van der Waals surface area contributed by atoms with Crippen LogP contribution in [0.5, 0.6) is 0 Å². The zero-order valence-corrected chi connectivity index (χ0v) is 10.4. The highest BCUT2D eigenvalue weighted by atomic mass is 16.1. The van der Waals surface area contributed by atoms with E-state index < -0.39 is 0 Å². The number of rotatable bonds is 7. The van der Waals surface area contributed by atoms with Gasteiger partial charge >= 0.3 is 0 Å². The van der Waals surface area contributed by atoms with Crippen molar-refractivity contribution in [2.45, 2.75) is 40.0 Å². The van der Waals surface area contributed by atoms with E-state index in [9.17, 15) is 4.79 Å². The molecule has 0 radical (unpaired) electrons. The summed E-state index contributed by atoms with van der Waals surface area (Å²) in [5, 5.41) is 5.91. The summed E-state index contributed by atoms with van der Waals surface area (Å²) in [4.78, 5) is 10.3. The molecule has 1 amide bonds. The molecule has 0 fully saturated rings. The van der Waals surface area contributed by atoms with Crippen LogP contribution in [0.2, 0.25) is 0 Å². The lowest BCUT2D eigenvalue weighted by molar-refractivity contribution is -0.116. The van der Waals surface area contributed by atoms with Gasteiger partial charge in [-0.05, 0) is 38.4 Å². The highest BCUT2D eigenvalue weighted by molar-refractivity contribution is 5.86. The molecule has 0 saturated heterocycles. The molecule has 3 heteroatoms. The molecule has 0 atom stereocenters. The highest BCUT2D eigenvalue weighted by Crippen LogP contribution is 1.71. The SMILES string of the molecule is C=CC(=O)NCCC.CCCNCCC. The lowest BCUT2D eigenvalue weighted by atomic mass is 10.4. The van der Waals surface area contributed by atoms with Crippen molar-refractivity contribution in [1.29, 1.82) is 0 Å². The minimum Gasteiger partial charge on any atom is -0.353 e. The van der Waals surface area contributed by atoms with E-state index in [-0.39, 0.29) is 5.91 Å². The molecule has 0 rings (SSSR count). The van der Waals surface area contributed by atoms with Gasteiger partial charge in [-0.2, -0.15) is 0 Å². The smallest absolute Gasteiger partial charge is 0.243 e. The second kappa shape index (κ2) is 15.6. The van der Waals surface area contributed by atoms with Gasteiger partial charge in [0, 0.05) is 6.54 Å². The third kappa shape index (κ3) is 19.5. The maximum absolute atomic E-state index is 10.3. The van der Waals surface area contributed by atoms with Gasteiger partial charge in [0.2, 0.25) is 5.91 Å². The molecule has 0 unspecified atom stereocenters. The molecule has 0 aromatic carbocycles. The molecule has 0 bridgehead atoms. The van der Waals surface area contributed by atoms with Crippen LogP contribution in [0.1, 0.15) is 40.0 Å². The van der Waals surface area contributed by atoms with Gasteiger partial charge in [0.1, 0.15) is 0 Å². The molecule has 0 aromatic heterocycles. The summed E-state index contributed by atoms with van der Waals surface area (Å²) >= 11 is 0. The topological polar surface area (TPSA) is 41.1 Å². The van der Waals surface area contributed by atoms with Crippen molar-refractivity contribution in [3.05, 3.63) is 12.7 Å². The van der Waals surface area contributed by atoms with Crippen molar-refractivity contribution in [1.82, 2.24) is 10.6 Å². The van der Waals surface area contributed by atoms with Gasteiger partial charge in [-0.3, -0.25) is 4.79 Å². The van der Waals surface area contributed by atoms with Crippen molar-refractivity contribution < 1.29 is 4.79 Å². The lowest BCUT2D eigenvalue weighted by Crippen LogP contribution is -2.20. The molecule has 0 spiro atoms. The first-order valence-corrected chi connectivity index (χ1v) is 5.83. The van der Waals surface area contributed by atoms with E-state index in [1.807, 2.05) is 6.92 Å². The van der Waals surface area contributed by atoms with Crippen LogP contribution < -0.4 is 10.6 Å². The Kier molecular flexibility index (Phi) is 17.3. The van der Waals surface area contributed by atoms with E-state index in [1.165, 1.54) is 32.0 Å². The number of nitrogens with one attached hydrogen (secondary N) is 2. The quantitative estimate of drug-likeness (QED) is 0.503. The van der Waals surface area contributed by atoms with E-state index in [1.54, 1.807) is 0 Å². The van der Waals surface area contributed by atoms with Gasteiger partial charge in [0.25, 0.3) is 0 Å². The predicted octanol–water partition coefficient (Wildman–Crippen LogP) is 2.09. The monoisotopic (exact) mass is 214 g/mol. The van der Waals surface area contributed by atoms with Gasteiger partial charge in [0.15, 0.2) is 0 Å². The summed E-state index contributed by atoms with van der Waals surface area (Å²) in [5.74, 6) is -0.0909. The molecule has 3 nitrogen and oxygen atoms in total. The first-order valence-electron chi connectivity index (χ1n) is 5.83. The fraction of sp³-hybridized carbons (Fsp3) is 0.750. The molecule has 2 N–H and O–H groups in total. The van der Waals surface area contributed by atoms with Crippen LogP contribution in [-0.2, 0) is 4.79 Å². The Bertz CT molecular complexity index is 143. The number of carbonyl (C=O) groups is 1. The van der Waals surface area contributed by atoms with Crippen molar-refractivity contribution >= 4 is 5.91 Å². The standard InChI is InChI=1S/C6H11NO.C6H15N/c1-3-5-7-6(8)4-2;1-3-5-7-6-4-2/h4H,2-3,5H2,1H3,(H,7,8);7H,3-6H2,1-2H3. The fourth-order valence-electron chi connectivity index (χ4n) is 0.799. The predicted molar refractivity (Wildman–Crippen MR) is 66.9 cm³/mol. The Morgan fingerprint density at radius 2 is 1.53 bits per heavy atom. The third-order valence-electron chi connectivity index (χ3n) is 1.59. The van der Waals surface area contributed by atoms with Crippen LogP contribution in [0.15, 0.2) is 12.7 Å². The Morgan fingerprint density at radius 3 is 1.87 bits per heavy atom. The molecule has 0 aliphatic heterocycles. The number of amides is 1. The average molecular weight is 214 g/mol. The van der Waals surface area contributed by atoms with Crippen molar-refractivity contribution in [2.24, 2.45) is 0 Å². The average Bonchev–Trinajstić information content (AvgIpc) is 2.27. The second-order valence-corrected chi connectivity index (χ2v) is 3.25. The van der Waals surface area contributed by atoms with E-state index in [0.717, 1.165) is 13.0 Å². The second-order valence-electron chi connectivity index (χ2n) is 3.25. The molecule has 90 valence electrons. The molecular weight excluding hydrogens is 188 g/mol. The number of hydrogen-bond donors (Lipinski definition) is 2.